The molecule has 0 amide bonds. The summed E-state index contributed by atoms with van der Waals surface area (Å²) in [6.45, 7) is 4.49. The number of halogens is 4. The van der Waals surface area contributed by atoms with Crippen molar-refractivity contribution in [1.29, 1.82) is 0 Å². The molecule has 0 heterocycles. The average molecular weight is 537 g/mol. The van der Waals surface area contributed by atoms with Gasteiger partial charge < -0.3 is 22.4 Å². The highest BCUT2D eigenvalue weighted by Crippen LogP contribution is 2.22. The Morgan fingerprint density at radius 2 is 1.06 bits per heavy atom. The second-order valence-corrected chi connectivity index (χ2v) is 11.7. The molecular formula is C28H49BF4O2S. The summed E-state index contributed by atoms with van der Waals surface area (Å²) in [7, 11) is -5.92. The van der Waals surface area contributed by atoms with Crippen molar-refractivity contribution < 1.29 is 27.2 Å². The lowest BCUT2D eigenvalue weighted by atomic mass is 10.0. The minimum Gasteiger partial charge on any atom is -0.478 e. The predicted molar refractivity (Wildman–Crippen MR) is 149 cm³/mol. The zero-order valence-electron chi connectivity index (χ0n) is 22.6. The normalized spacial score (nSPS) is 12.2. The number of benzene rings is 1. The molecule has 1 rings (SSSR count). The van der Waals surface area contributed by atoms with Crippen LogP contribution in [0.1, 0.15) is 133 Å². The first-order valence-electron chi connectivity index (χ1n) is 14.1. The molecule has 0 spiro atoms. The molecule has 1 atom stereocenters. The van der Waals surface area contributed by atoms with Gasteiger partial charge in [0.25, 0.3) is 0 Å². The van der Waals surface area contributed by atoms with Crippen LogP contribution in [0.5, 0.6) is 0 Å². The van der Waals surface area contributed by atoms with Gasteiger partial charge in [0.15, 0.2) is 4.90 Å². The number of carboxylic acids is 1. The zero-order chi connectivity index (χ0) is 27.1. The summed E-state index contributed by atoms with van der Waals surface area (Å²) in [6.07, 6.45) is 23.4. The van der Waals surface area contributed by atoms with Crippen LogP contribution in [0.25, 0.3) is 0 Å². The fraction of sp³-hybridized carbons (Fsp3) is 0.750. The van der Waals surface area contributed by atoms with E-state index in [0.717, 1.165) is 22.8 Å². The van der Waals surface area contributed by atoms with Crippen molar-refractivity contribution in [3.05, 3.63) is 29.8 Å². The third-order valence-corrected chi connectivity index (χ3v) is 8.78. The molecule has 0 saturated carbocycles. The molecule has 36 heavy (non-hydrogen) atoms. The van der Waals surface area contributed by atoms with Crippen molar-refractivity contribution >= 4 is 24.1 Å². The Balaban J connectivity index is 0.00000222. The van der Waals surface area contributed by atoms with E-state index >= 15 is 0 Å². The smallest absolute Gasteiger partial charge is 0.478 e. The molecule has 0 aromatic heterocycles. The average Bonchev–Trinajstić information content (AvgIpc) is 2.82. The van der Waals surface area contributed by atoms with Crippen LogP contribution in [0.4, 0.5) is 17.3 Å². The maximum Gasteiger partial charge on any atom is 0.673 e. The Morgan fingerprint density at radius 3 is 1.44 bits per heavy atom. The van der Waals surface area contributed by atoms with Crippen molar-refractivity contribution in [1.82, 2.24) is 0 Å². The van der Waals surface area contributed by atoms with E-state index < -0.39 is 13.2 Å². The highest BCUT2D eigenvalue weighted by molar-refractivity contribution is 7.97. The molecule has 210 valence electrons. The van der Waals surface area contributed by atoms with Crippen LogP contribution in [-0.4, -0.2) is 29.8 Å². The lowest BCUT2D eigenvalue weighted by Crippen LogP contribution is -2.16. The fourth-order valence-corrected chi connectivity index (χ4v) is 6.71. The van der Waals surface area contributed by atoms with Crippen LogP contribution < -0.4 is 0 Å². The van der Waals surface area contributed by atoms with Crippen LogP contribution in [0.3, 0.4) is 0 Å². The standard InChI is InChI=1S/C28H48O2S.BF4/c1-3-5-6-7-8-9-10-11-12-13-14-15-16-17-18-21-25-31(24-4-2)27-23-20-19-22-26(27)28(29)30;2-1(3,4)5/h19-20,22-23H,3-18,21,24-25H2,1-2H3;/q;-1/p+1. The quantitative estimate of drug-likeness (QED) is 0.0734. The summed E-state index contributed by atoms with van der Waals surface area (Å²) in [4.78, 5) is 12.6. The Hall–Kier alpha value is -1.18. The number of carbonyl (C=O) groups is 1. The topological polar surface area (TPSA) is 37.3 Å². The van der Waals surface area contributed by atoms with Gasteiger partial charge in [0.05, 0.1) is 0 Å². The first-order valence-corrected chi connectivity index (χ1v) is 15.6. The van der Waals surface area contributed by atoms with Crippen molar-refractivity contribution in [2.45, 2.75) is 128 Å². The molecule has 0 fully saturated rings. The second-order valence-electron chi connectivity index (χ2n) is 9.50. The summed E-state index contributed by atoms with van der Waals surface area (Å²) in [6, 6.07) is 7.63. The Kier molecular flexibility index (Phi) is 22.2. The largest absolute Gasteiger partial charge is 0.673 e. The fourth-order valence-electron chi connectivity index (χ4n) is 4.29. The van der Waals surface area contributed by atoms with E-state index in [1.807, 2.05) is 18.2 Å². The van der Waals surface area contributed by atoms with E-state index in [-0.39, 0.29) is 10.9 Å². The molecule has 0 saturated heterocycles. The maximum absolute atomic E-state index is 11.6. The van der Waals surface area contributed by atoms with Crippen LogP contribution >= 0.6 is 0 Å². The van der Waals surface area contributed by atoms with Crippen molar-refractivity contribution in [2.75, 3.05) is 11.5 Å². The Labute approximate surface area is 220 Å². The van der Waals surface area contributed by atoms with E-state index in [1.54, 1.807) is 6.07 Å². The molecular weight excluding hydrogens is 487 g/mol. The molecule has 0 aliphatic rings. The van der Waals surface area contributed by atoms with Gasteiger partial charge in [0.2, 0.25) is 0 Å². The minimum atomic E-state index is -6.00. The van der Waals surface area contributed by atoms with Crippen LogP contribution in [0.15, 0.2) is 29.2 Å². The summed E-state index contributed by atoms with van der Waals surface area (Å²) in [5.74, 6) is 1.48. The summed E-state index contributed by atoms with van der Waals surface area (Å²) < 4.78 is 39.0. The van der Waals surface area contributed by atoms with E-state index in [2.05, 4.69) is 13.8 Å². The highest BCUT2D eigenvalue weighted by Gasteiger charge is 2.26. The molecule has 1 N–H and O–H groups in total. The third-order valence-electron chi connectivity index (χ3n) is 6.12. The monoisotopic (exact) mass is 536 g/mol. The minimum absolute atomic E-state index is 0.0818. The van der Waals surface area contributed by atoms with Crippen molar-refractivity contribution in [3.63, 3.8) is 0 Å². The third kappa shape index (κ3) is 22.1. The molecule has 1 aromatic carbocycles. The molecule has 2 nitrogen and oxygen atoms in total. The number of unbranched alkanes of at least 4 members (excludes halogenated alkanes) is 15. The van der Waals surface area contributed by atoms with Gasteiger partial charge in [-0.05, 0) is 31.4 Å². The van der Waals surface area contributed by atoms with Crippen LogP contribution in [0, 0.1) is 0 Å². The van der Waals surface area contributed by atoms with Gasteiger partial charge in [-0.15, -0.1) is 0 Å². The molecule has 0 radical (unpaired) electrons. The van der Waals surface area contributed by atoms with Gasteiger partial charge in [-0.25, -0.2) is 4.79 Å². The predicted octanol–water partition coefficient (Wildman–Crippen LogP) is 10.3. The van der Waals surface area contributed by atoms with Crippen molar-refractivity contribution in [2.24, 2.45) is 0 Å². The summed E-state index contributed by atoms with van der Waals surface area (Å²) in [5, 5.41) is 9.50. The summed E-state index contributed by atoms with van der Waals surface area (Å²) in [5.41, 5.74) is 0.510. The van der Waals surface area contributed by atoms with Crippen LogP contribution in [-0.2, 0) is 10.9 Å². The lowest BCUT2D eigenvalue weighted by Gasteiger charge is -2.10. The molecule has 1 unspecified atom stereocenters. The Morgan fingerprint density at radius 1 is 0.667 bits per heavy atom. The number of hydrogen-bond donors (Lipinski definition) is 1. The summed E-state index contributed by atoms with van der Waals surface area (Å²) >= 11 is 0. The first-order chi connectivity index (χ1) is 17.2. The number of aromatic carboxylic acids is 1. The van der Waals surface area contributed by atoms with Gasteiger partial charge in [0.1, 0.15) is 17.1 Å². The van der Waals surface area contributed by atoms with E-state index in [0.29, 0.717) is 5.56 Å². The molecule has 8 heteroatoms. The lowest BCUT2D eigenvalue weighted by molar-refractivity contribution is 0.0693. The molecule has 1 aromatic rings. The highest BCUT2D eigenvalue weighted by atomic mass is 32.2. The molecule has 0 aliphatic heterocycles. The van der Waals surface area contributed by atoms with Crippen molar-refractivity contribution in [3.8, 4) is 0 Å². The van der Waals surface area contributed by atoms with E-state index in [1.165, 1.54) is 103 Å². The zero-order valence-corrected chi connectivity index (χ0v) is 23.4. The number of hydrogen-bond acceptors (Lipinski definition) is 1. The van der Waals surface area contributed by atoms with E-state index in [4.69, 9.17) is 0 Å². The molecule has 0 bridgehead atoms. The van der Waals surface area contributed by atoms with Crippen LogP contribution in [0.2, 0.25) is 0 Å². The Bertz CT molecular complexity index is 653. The van der Waals surface area contributed by atoms with Gasteiger partial charge >= 0.3 is 13.2 Å². The number of rotatable bonds is 21. The van der Waals surface area contributed by atoms with Gasteiger partial charge in [-0.2, -0.15) is 0 Å². The van der Waals surface area contributed by atoms with Gasteiger partial charge in [-0.1, -0.05) is 116 Å². The number of carboxylic acid groups (broad SMARTS) is 1. The van der Waals surface area contributed by atoms with Gasteiger partial charge in [-0.3, -0.25) is 0 Å². The maximum atomic E-state index is 11.6. The first kappa shape index (κ1) is 34.8. The molecule has 0 aliphatic carbocycles. The SMILES string of the molecule is CCCCCCCCCCCCCCCCCC[S+](CCC)c1ccccc1C(=O)O.F[B-](F)(F)F. The van der Waals surface area contributed by atoms with Gasteiger partial charge in [0, 0.05) is 10.9 Å². The van der Waals surface area contributed by atoms with E-state index in [9.17, 15) is 27.2 Å². The second kappa shape index (κ2) is 23.0.